The molecule has 13 aromatic rings. The summed E-state index contributed by atoms with van der Waals surface area (Å²) < 4.78 is 18.3. The molecule has 0 unspecified atom stereocenters. The number of hydrogen-bond acceptors (Lipinski definition) is 3. The number of fused-ring (bicyclic) bond motifs is 12. The summed E-state index contributed by atoms with van der Waals surface area (Å²) in [6, 6.07) is 72.7. The van der Waals surface area contributed by atoms with Crippen molar-refractivity contribution in [2.75, 3.05) is 0 Å². The Morgan fingerprint density at radius 2 is 0.873 bits per heavy atom. The van der Waals surface area contributed by atoms with Gasteiger partial charge in [0.25, 0.3) is 0 Å². The minimum Gasteiger partial charge on any atom is -0.309 e. The molecule has 63 heavy (non-hydrogen) atoms. The predicted molar refractivity (Wildman–Crippen MR) is 266 cm³/mol. The maximum atomic E-state index is 16.0. The molecule has 0 N–H and O–H groups in total. The Bertz CT molecular complexity index is 4000. The molecular weight excluding hydrogens is 786 g/mol. The van der Waals surface area contributed by atoms with E-state index >= 15 is 4.57 Å². The largest absolute Gasteiger partial charge is 0.309 e. The van der Waals surface area contributed by atoms with Gasteiger partial charge in [0.2, 0.25) is 0 Å². The minimum absolute atomic E-state index is 0.820. The number of imidazole rings is 1. The average molecular weight is 822 g/mol. The second-order valence-corrected chi connectivity index (χ2v) is 19.4. The van der Waals surface area contributed by atoms with E-state index in [4.69, 9.17) is 4.98 Å². The van der Waals surface area contributed by atoms with Crippen molar-refractivity contribution >= 4 is 105 Å². The fourth-order valence-corrected chi connectivity index (χ4v) is 12.5. The molecule has 0 spiro atoms. The van der Waals surface area contributed by atoms with E-state index in [0.717, 1.165) is 103 Å². The summed E-state index contributed by atoms with van der Waals surface area (Å²) in [4.78, 5) is 9.66. The second kappa shape index (κ2) is 13.8. The first-order chi connectivity index (χ1) is 31.0. The average Bonchev–Trinajstić information content (AvgIpc) is 3.74. The van der Waals surface area contributed by atoms with Gasteiger partial charge in [0.1, 0.15) is 5.65 Å². The topological polar surface area (TPSA) is 47.3 Å². The molecule has 0 saturated carbocycles. The van der Waals surface area contributed by atoms with Crippen LogP contribution in [-0.2, 0) is 4.57 Å². The van der Waals surface area contributed by atoms with Gasteiger partial charge in [0.05, 0.1) is 16.6 Å². The minimum atomic E-state index is -3.29. The number of hydrogen-bond donors (Lipinski definition) is 0. The SMILES string of the molecule is O=P(c1ccc2ccccc2c1)(c1ccc2ccccc2c1)c1ccc2cc(-c3ccc4c(c3)c3cc5ccccc5cc3c3nc5ccc(-c6cccnc6)cc5n43)ccc2c1. The highest BCUT2D eigenvalue weighted by Crippen LogP contribution is 2.45. The normalized spacial score (nSPS) is 12.2. The third-order valence-corrected chi connectivity index (χ3v) is 16.0. The number of nitrogens with zero attached hydrogens (tertiary/aromatic N) is 3. The lowest BCUT2D eigenvalue weighted by Gasteiger charge is -2.22. The van der Waals surface area contributed by atoms with Gasteiger partial charge >= 0.3 is 0 Å². The molecule has 0 amide bonds. The summed E-state index contributed by atoms with van der Waals surface area (Å²) in [6.45, 7) is 0. The van der Waals surface area contributed by atoms with Crippen LogP contribution < -0.4 is 15.9 Å². The van der Waals surface area contributed by atoms with Crippen LogP contribution >= 0.6 is 7.14 Å². The summed E-state index contributed by atoms with van der Waals surface area (Å²) in [5.74, 6) is 0. The van der Waals surface area contributed by atoms with Crippen molar-refractivity contribution in [3.63, 3.8) is 0 Å². The number of rotatable bonds is 5. The molecular formula is C58H36N3OP. The lowest BCUT2D eigenvalue weighted by atomic mass is 9.96. The van der Waals surface area contributed by atoms with Crippen LogP contribution in [0, 0.1) is 0 Å². The van der Waals surface area contributed by atoms with E-state index in [9.17, 15) is 0 Å². The van der Waals surface area contributed by atoms with Gasteiger partial charge in [-0.1, -0.05) is 140 Å². The van der Waals surface area contributed by atoms with Crippen LogP contribution in [0.4, 0.5) is 0 Å². The maximum absolute atomic E-state index is 16.0. The molecule has 10 aromatic carbocycles. The summed E-state index contributed by atoms with van der Waals surface area (Å²) in [6.07, 6.45) is 3.72. The van der Waals surface area contributed by atoms with Gasteiger partial charge < -0.3 is 4.57 Å². The Hall–Kier alpha value is -7.91. The van der Waals surface area contributed by atoms with Crippen molar-refractivity contribution in [1.82, 2.24) is 14.4 Å². The molecule has 0 aliphatic heterocycles. The predicted octanol–water partition coefficient (Wildman–Crippen LogP) is 13.8. The highest BCUT2D eigenvalue weighted by atomic mass is 31.2. The van der Waals surface area contributed by atoms with Crippen LogP contribution in [0.2, 0.25) is 0 Å². The van der Waals surface area contributed by atoms with Gasteiger partial charge in [-0.3, -0.25) is 9.38 Å². The Balaban J connectivity index is 0.978. The fourth-order valence-electron chi connectivity index (χ4n) is 9.79. The molecule has 4 nitrogen and oxygen atoms in total. The molecule has 0 fully saturated rings. The van der Waals surface area contributed by atoms with Crippen molar-refractivity contribution in [1.29, 1.82) is 0 Å². The summed E-state index contributed by atoms with van der Waals surface area (Å²) >= 11 is 0. The van der Waals surface area contributed by atoms with Gasteiger partial charge in [-0.15, -0.1) is 0 Å². The van der Waals surface area contributed by atoms with E-state index in [1.165, 1.54) is 16.2 Å². The second-order valence-electron chi connectivity index (χ2n) is 16.6. The van der Waals surface area contributed by atoms with Crippen molar-refractivity contribution in [2.24, 2.45) is 0 Å². The standard InChI is InChI=1S/C58H36N3OP/c62-63(49-22-17-37-8-1-3-10-39(37)29-49,50-23-18-38-9-2-4-11-40(38)30-50)51-24-19-44-28-43(15-16-45(44)31-51)46-21-26-56-53(33-46)52-32-41-12-5-6-13-42(41)34-54(52)58-60-55-25-20-47(35-57(55)61(56)58)48-14-7-27-59-36-48/h1-36H. The summed E-state index contributed by atoms with van der Waals surface area (Å²) in [5, 5.41) is 14.9. The Labute approximate surface area is 362 Å². The van der Waals surface area contributed by atoms with Crippen LogP contribution in [0.15, 0.2) is 219 Å². The van der Waals surface area contributed by atoms with Crippen molar-refractivity contribution in [3.05, 3.63) is 219 Å². The molecule has 0 aliphatic rings. The van der Waals surface area contributed by atoms with E-state index in [1.54, 1.807) is 0 Å². The van der Waals surface area contributed by atoms with E-state index in [2.05, 4.69) is 185 Å². The maximum Gasteiger partial charge on any atom is 0.171 e. The lowest BCUT2D eigenvalue weighted by molar-refractivity contribution is 0.592. The van der Waals surface area contributed by atoms with Crippen molar-refractivity contribution < 1.29 is 4.57 Å². The third kappa shape index (κ3) is 5.66. The fraction of sp³-hybridized carbons (Fsp3) is 0. The summed E-state index contributed by atoms with van der Waals surface area (Å²) in [7, 11) is -3.29. The molecule has 0 atom stereocenters. The zero-order valence-corrected chi connectivity index (χ0v) is 34.9. The van der Waals surface area contributed by atoms with Crippen molar-refractivity contribution in [2.45, 2.75) is 0 Å². The van der Waals surface area contributed by atoms with E-state index in [1.807, 2.05) is 42.7 Å². The summed E-state index contributed by atoms with van der Waals surface area (Å²) in [5.41, 5.74) is 8.48. The molecule has 3 heterocycles. The smallest absolute Gasteiger partial charge is 0.171 e. The Morgan fingerprint density at radius 3 is 1.52 bits per heavy atom. The Morgan fingerprint density at radius 1 is 0.365 bits per heavy atom. The molecule has 0 bridgehead atoms. The first kappa shape index (κ1) is 35.8. The van der Waals surface area contributed by atoms with Crippen LogP contribution in [0.1, 0.15) is 0 Å². The molecule has 3 aromatic heterocycles. The number of pyridine rings is 2. The molecule has 13 rings (SSSR count). The highest BCUT2D eigenvalue weighted by molar-refractivity contribution is 7.85. The zero-order valence-electron chi connectivity index (χ0n) is 34.0. The van der Waals surface area contributed by atoms with Crippen molar-refractivity contribution in [3.8, 4) is 22.3 Å². The Kier molecular flexibility index (Phi) is 7.85. The first-order valence-electron chi connectivity index (χ1n) is 21.3. The van der Waals surface area contributed by atoms with Crippen LogP contribution in [-0.4, -0.2) is 14.4 Å². The molecule has 294 valence electrons. The van der Waals surface area contributed by atoms with E-state index < -0.39 is 7.14 Å². The van der Waals surface area contributed by atoms with Gasteiger partial charge in [-0.05, 0) is 132 Å². The quantitative estimate of drug-likeness (QED) is 0.0987. The molecule has 5 heteroatoms. The molecule has 0 aliphatic carbocycles. The lowest BCUT2D eigenvalue weighted by Crippen LogP contribution is -2.25. The van der Waals surface area contributed by atoms with Crippen LogP contribution in [0.25, 0.3) is 104 Å². The number of aromatic nitrogens is 3. The van der Waals surface area contributed by atoms with Crippen LogP contribution in [0.5, 0.6) is 0 Å². The van der Waals surface area contributed by atoms with Gasteiger partial charge in [0.15, 0.2) is 7.14 Å². The van der Waals surface area contributed by atoms with Gasteiger partial charge in [-0.2, -0.15) is 0 Å². The number of benzene rings is 10. The van der Waals surface area contributed by atoms with Gasteiger partial charge in [0, 0.05) is 44.6 Å². The molecule has 0 saturated heterocycles. The van der Waals surface area contributed by atoms with E-state index in [-0.39, 0.29) is 0 Å². The van der Waals surface area contributed by atoms with Gasteiger partial charge in [-0.25, -0.2) is 4.98 Å². The van der Waals surface area contributed by atoms with Crippen LogP contribution in [0.3, 0.4) is 0 Å². The van der Waals surface area contributed by atoms with E-state index in [0.29, 0.717) is 0 Å². The third-order valence-electron chi connectivity index (χ3n) is 13.0. The zero-order chi connectivity index (χ0) is 41.6. The molecule has 0 radical (unpaired) electrons. The highest BCUT2D eigenvalue weighted by Gasteiger charge is 2.31. The first-order valence-corrected chi connectivity index (χ1v) is 23.0. The monoisotopic (exact) mass is 821 g/mol.